The summed E-state index contributed by atoms with van der Waals surface area (Å²) in [7, 11) is 0. The van der Waals surface area contributed by atoms with E-state index in [2.05, 4.69) is 29.4 Å². The molecule has 1 N–H and O–H groups in total. The van der Waals surface area contributed by atoms with Gasteiger partial charge in [-0.05, 0) is 42.9 Å². The first-order chi connectivity index (χ1) is 16.0. The number of para-hydroxylation sites is 1. The summed E-state index contributed by atoms with van der Waals surface area (Å²) >= 11 is 1.37. The molecule has 2 heterocycles. The molecule has 8 heteroatoms. The number of amides is 1. The van der Waals surface area contributed by atoms with Crippen LogP contribution in [0.1, 0.15) is 43.9 Å². The summed E-state index contributed by atoms with van der Waals surface area (Å²) < 4.78 is 3.63. The van der Waals surface area contributed by atoms with E-state index in [9.17, 15) is 9.59 Å². The largest absolute Gasteiger partial charge is 0.352 e. The SMILES string of the molecule is CC(C)CCn1c(=O)c2ccccc2n2c(SC(C(=O)NC3CC3)c3ccccc3)nnc12. The van der Waals surface area contributed by atoms with Crippen LogP contribution in [0.5, 0.6) is 0 Å². The van der Waals surface area contributed by atoms with Crippen molar-refractivity contribution >= 4 is 34.3 Å². The Morgan fingerprint density at radius 2 is 1.82 bits per heavy atom. The third kappa shape index (κ3) is 4.39. The summed E-state index contributed by atoms with van der Waals surface area (Å²) in [6.45, 7) is 4.84. The molecule has 0 spiro atoms. The van der Waals surface area contributed by atoms with E-state index in [-0.39, 0.29) is 17.5 Å². The van der Waals surface area contributed by atoms with Crippen LogP contribution < -0.4 is 10.9 Å². The molecule has 2 aromatic heterocycles. The highest BCUT2D eigenvalue weighted by Gasteiger charge is 2.30. The highest BCUT2D eigenvalue weighted by Crippen LogP contribution is 2.36. The Bertz CT molecular complexity index is 1360. The predicted molar refractivity (Wildman–Crippen MR) is 130 cm³/mol. The molecule has 33 heavy (non-hydrogen) atoms. The zero-order valence-corrected chi connectivity index (χ0v) is 19.6. The number of nitrogens with one attached hydrogen (secondary N) is 1. The van der Waals surface area contributed by atoms with Crippen LogP contribution in [0, 0.1) is 5.92 Å². The van der Waals surface area contributed by atoms with Gasteiger partial charge in [0.2, 0.25) is 11.7 Å². The lowest BCUT2D eigenvalue weighted by atomic mass is 10.1. The van der Waals surface area contributed by atoms with Crippen molar-refractivity contribution in [1.82, 2.24) is 24.5 Å². The van der Waals surface area contributed by atoms with Crippen molar-refractivity contribution in [3.63, 3.8) is 0 Å². The molecule has 1 unspecified atom stereocenters. The van der Waals surface area contributed by atoms with E-state index in [0.29, 0.717) is 28.8 Å². The first-order valence-electron chi connectivity index (χ1n) is 11.4. The van der Waals surface area contributed by atoms with Gasteiger partial charge in [-0.25, -0.2) is 0 Å². The molecule has 1 fully saturated rings. The van der Waals surface area contributed by atoms with Crippen molar-refractivity contribution in [3.8, 4) is 0 Å². The van der Waals surface area contributed by atoms with Gasteiger partial charge in [0.1, 0.15) is 5.25 Å². The number of rotatable bonds is 8. The maximum Gasteiger partial charge on any atom is 0.262 e. The second kappa shape index (κ2) is 9.02. The zero-order valence-electron chi connectivity index (χ0n) is 18.8. The van der Waals surface area contributed by atoms with Gasteiger partial charge in [-0.15, -0.1) is 10.2 Å². The predicted octanol–water partition coefficient (Wildman–Crippen LogP) is 4.20. The van der Waals surface area contributed by atoms with E-state index in [1.807, 2.05) is 59.0 Å². The number of aryl methyl sites for hydroxylation is 1. The summed E-state index contributed by atoms with van der Waals surface area (Å²) in [5, 5.41) is 12.7. The number of hydrogen-bond donors (Lipinski definition) is 1. The van der Waals surface area contributed by atoms with Crippen LogP contribution in [0.3, 0.4) is 0 Å². The van der Waals surface area contributed by atoms with E-state index in [1.165, 1.54) is 11.8 Å². The smallest absolute Gasteiger partial charge is 0.262 e. The normalized spacial score (nSPS) is 14.8. The molecule has 5 rings (SSSR count). The third-order valence-corrected chi connectivity index (χ3v) is 7.09. The number of aromatic nitrogens is 4. The summed E-state index contributed by atoms with van der Waals surface area (Å²) in [6, 6.07) is 17.5. The van der Waals surface area contributed by atoms with E-state index >= 15 is 0 Å². The first kappa shape index (κ1) is 21.7. The average Bonchev–Trinajstić information content (AvgIpc) is 3.54. The average molecular weight is 462 g/mol. The van der Waals surface area contributed by atoms with Gasteiger partial charge in [-0.2, -0.15) is 0 Å². The number of benzene rings is 2. The Hall–Kier alpha value is -3.13. The standard InChI is InChI=1S/C25H27N5O2S/c1-16(2)14-15-29-23(32)19-10-6-7-11-20(19)30-24(29)27-28-25(30)33-21(17-8-4-3-5-9-17)22(31)26-18-12-13-18/h3-11,16,18,21H,12-15H2,1-2H3,(H,26,31). The van der Waals surface area contributed by atoms with Crippen molar-refractivity contribution in [3.05, 3.63) is 70.5 Å². The molecule has 1 aliphatic rings. The Kier molecular flexibility index (Phi) is 5.93. The lowest BCUT2D eigenvalue weighted by Gasteiger charge is -2.17. The summed E-state index contributed by atoms with van der Waals surface area (Å²) in [5.74, 6) is 0.938. The van der Waals surface area contributed by atoms with Crippen LogP contribution >= 0.6 is 11.8 Å². The lowest BCUT2D eigenvalue weighted by molar-refractivity contribution is -0.120. The molecule has 1 saturated carbocycles. The zero-order chi connectivity index (χ0) is 22.9. The maximum atomic E-state index is 13.3. The van der Waals surface area contributed by atoms with Crippen LogP contribution in [0.15, 0.2) is 64.5 Å². The highest BCUT2D eigenvalue weighted by atomic mass is 32.2. The van der Waals surface area contributed by atoms with E-state index < -0.39 is 5.25 Å². The number of carbonyl (C=O) groups is 1. The number of nitrogens with zero attached hydrogens (tertiary/aromatic N) is 4. The van der Waals surface area contributed by atoms with Gasteiger partial charge in [0.25, 0.3) is 5.56 Å². The molecule has 1 atom stereocenters. The Morgan fingerprint density at radius 3 is 2.55 bits per heavy atom. The van der Waals surface area contributed by atoms with Crippen molar-refractivity contribution in [2.24, 2.45) is 5.92 Å². The van der Waals surface area contributed by atoms with Crippen molar-refractivity contribution in [2.75, 3.05) is 0 Å². The monoisotopic (exact) mass is 461 g/mol. The Labute approximate surface area is 196 Å². The molecule has 4 aromatic rings. The molecule has 0 bridgehead atoms. The number of fused-ring (bicyclic) bond motifs is 3. The Morgan fingerprint density at radius 1 is 1.09 bits per heavy atom. The van der Waals surface area contributed by atoms with Gasteiger partial charge in [0.15, 0.2) is 5.16 Å². The molecule has 170 valence electrons. The van der Waals surface area contributed by atoms with E-state index in [4.69, 9.17) is 0 Å². The fourth-order valence-corrected chi connectivity index (χ4v) is 4.96. The minimum absolute atomic E-state index is 0.0251. The maximum absolute atomic E-state index is 13.3. The van der Waals surface area contributed by atoms with Gasteiger partial charge < -0.3 is 5.32 Å². The van der Waals surface area contributed by atoms with Gasteiger partial charge in [-0.3, -0.25) is 18.6 Å². The topological polar surface area (TPSA) is 81.3 Å². The van der Waals surface area contributed by atoms with E-state index in [1.54, 1.807) is 4.57 Å². The molecule has 7 nitrogen and oxygen atoms in total. The highest BCUT2D eigenvalue weighted by molar-refractivity contribution is 8.00. The van der Waals surface area contributed by atoms with Crippen LogP contribution in [-0.2, 0) is 11.3 Å². The number of carbonyl (C=O) groups excluding carboxylic acids is 1. The second-order valence-corrected chi connectivity index (χ2v) is 10.0. The second-order valence-electron chi connectivity index (χ2n) is 8.97. The number of thioether (sulfide) groups is 1. The van der Waals surface area contributed by atoms with Crippen molar-refractivity contribution < 1.29 is 4.79 Å². The molecule has 2 aromatic carbocycles. The molecule has 0 saturated heterocycles. The molecule has 1 aliphatic carbocycles. The summed E-state index contributed by atoms with van der Waals surface area (Å²) in [4.78, 5) is 26.4. The van der Waals surface area contributed by atoms with E-state index in [0.717, 1.165) is 30.3 Å². The summed E-state index contributed by atoms with van der Waals surface area (Å²) in [6.07, 6.45) is 2.91. The lowest BCUT2D eigenvalue weighted by Crippen LogP contribution is -2.30. The molecular weight excluding hydrogens is 434 g/mol. The summed E-state index contributed by atoms with van der Waals surface area (Å²) in [5.41, 5.74) is 1.60. The van der Waals surface area contributed by atoms with Gasteiger partial charge in [0.05, 0.1) is 10.9 Å². The van der Waals surface area contributed by atoms with Crippen molar-refractivity contribution in [1.29, 1.82) is 0 Å². The van der Waals surface area contributed by atoms with Crippen LogP contribution in [0.2, 0.25) is 0 Å². The molecular formula is C25H27N5O2S. The minimum Gasteiger partial charge on any atom is -0.352 e. The molecule has 0 aliphatic heterocycles. The number of hydrogen-bond acceptors (Lipinski definition) is 5. The quantitative estimate of drug-likeness (QED) is 0.398. The fraction of sp³-hybridized carbons (Fsp3) is 0.360. The van der Waals surface area contributed by atoms with Gasteiger partial charge >= 0.3 is 0 Å². The van der Waals surface area contributed by atoms with Crippen LogP contribution in [0.25, 0.3) is 16.7 Å². The Balaban J connectivity index is 1.63. The molecule has 1 amide bonds. The van der Waals surface area contributed by atoms with Gasteiger partial charge in [-0.1, -0.05) is 68.1 Å². The third-order valence-electron chi connectivity index (χ3n) is 5.90. The minimum atomic E-state index is -0.464. The van der Waals surface area contributed by atoms with Gasteiger partial charge in [0, 0.05) is 12.6 Å². The fourth-order valence-electron chi connectivity index (χ4n) is 3.91. The molecule has 0 radical (unpaired) electrons. The first-order valence-corrected chi connectivity index (χ1v) is 12.3. The van der Waals surface area contributed by atoms with Crippen LogP contribution in [-0.4, -0.2) is 31.1 Å². The van der Waals surface area contributed by atoms with Crippen molar-refractivity contribution in [2.45, 2.75) is 56.1 Å². The van der Waals surface area contributed by atoms with Crippen LogP contribution in [0.4, 0.5) is 0 Å².